The third kappa shape index (κ3) is 1.79. The van der Waals surface area contributed by atoms with Crippen molar-refractivity contribution in [2.45, 2.75) is 0 Å². The predicted molar refractivity (Wildman–Crippen MR) is 44.2 cm³/mol. The standard InChI is InChI=1S/C8H10N2O2/c1-12-7-2-6(4-10-5-7)8(11)3-9/h2,4-5H,3,9H2,1H3. The maximum absolute atomic E-state index is 11.1. The first-order valence-electron chi connectivity index (χ1n) is 3.50. The molecule has 0 aliphatic heterocycles. The molecule has 0 aliphatic rings. The van der Waals surface area contributed by atoms with Crippen molar-refractivity contribution in [3.8, 4) is 5.75 Å². The van der Waals surface area contributed by atoms with Crippen molar-refractivity contribution in [3.63, 3.8) is 0 Å². The fourth-order valence-corrected chi connectivity index (χ4v) is 0.801. The van der Waals surface area contributed by atoms with Crippen LogP contribution in [-0.2, 0) is 0 Å². The van der Waals surface area contributed by atoms with Crippen LogP contribution in [0.1, 0.15) is 10.4 Å². The van der Waals surface area contributed by atoms with Gasteiger partial charge in [-0.15, -0.1) is 0 Å². The Bertz CT molecular complexity index is 286. The molecule has 0 bridgehead atoms. The lowest BCUT2D eigenvalue weighted by Crippen LogP contribution is -2.13. The van der Waals surface area contributed by atoms with Crippen LogP contribution in [0.2, 0.25) is 0 Å². The van der Waals surface area contributed by atoms with E-state index in [2.05, 4.69) is 4.98 Å². The molecule has 0 saturated heterocycles. The Kier molecular flexibility index (Phi) is 2.76. The van der Waals surface area contributed by atoms with Crippen LogP contribution in [0.3, 0.4) is 0 Å². The van der Waals surface area contributed by atoms with E-state index in [-0.39, 0.29) is 12.3 Å². The highest BCUT2D eigenvalue weighted by Gasteiger charge is 2.03. The van der Waals surface area contributed by atoms with Crippen molar-refractivity contribution < 1.29 is 9.53 Å². The summed E-state index contributed by atoms with van der Waals surface area (Å²) < 4.78 is 4.89. The molecule has 1 aromatic heterocycles. The van der Waals surface area contributed by atoms with E-state index in [1.807, 2.05) is 0 Å². The Labute approximate surface area is 70.4 Å². The van der Waals surface area contributed by atoms with E-state index in [1.54, 1.807) is 6.07 Å². The molecule has 0 radical (unpaired) electrons. The highest BCUT2D eigenvalue weighted by atomic mass is 16.5. The topological polar surface area (TPSA) is 65.2 Å². The van der Waals surface area contributed by atoms with Gasteiger partial charge in [0.15, 0.2) is 5.78 Å². The van der Waals surface area contributed by atoms with E-state index in [0.717, 1.165) is 0 Å². The summed E-state index contributed by atoms with van der Waals surface area (Å²) in [5.74, 6) is 0.427. The highest BCUT2D eigenvalue weighted by molar-refractivity contribution is 5.97. The summed E-state index contributed by atoms with van der Waals surface area (Å²) in [7, 11) is 1.52. The smallest absolute Gasteiger partial charge is 0.178 e. The van der Waals surface area contributed by atoms with Crippen molar-refractivity contribution in [1.29, 1.82) is 0 Å². The quantitative estimate of drug-likeness (QED) is 0.653. The van der Waals surface area contributed by atoms with E-state index < -0.39 is 0 Å². The van der Waals surface area contributed by atoms with Gasteiger partial charge < -0.3 is 10.5 Å². The minimum absolute atomic E-state index is 0.00511. The molecule has 64 valence electrons. The van der Waals surface area contributed by atoms with E-state index >= 15 is 0 Å². The molecule has 4 heteroatoms. The zero-order chi connectivity index (χ0) is 8.97. The number of ether oxygens (including phenoxy) is 1. The second kappa shape index (κ2) is 3.82. The summed E-state index contributed by atoms with van der Waals surface area (Å²) in [6.45, 7) is -0.00511. The zero-order valence-corrected chi connectivity index (χ0v) is 6.78. The number of carbonyl (C=O) groups is 1. The monoisotopic (exact) mass is 166 g/mol. The first-order valence-corrected chi connectivity index (χ1v) is 3.50. The molecule has 4 nitrogen and oxygen atoms in total. The largest absolute Gasteiger partial charge is 0.495 e. The molecule has 0 fully saturated rings. The van der Waals surface area contributed by atoms with Gasteiger partial charge in [-0.25, -0.2) is 0 Å². The lowest BCUT2D eigenvalue weighted by atomic mass is 10.2. The normalized spacial score (nSPS) is 9.50. The van der Waals surface area contributed by atoms with Crippen LogP contribution in [0, 0.1) is 0 Å². The summed E-state index contributed by atoms with van der Waals surface area (Å²) in [5, 5.41) is 0. The second-order valence-electron chi connectivity index (χ2n) is 2.24. The number of carbonyl (C=O) groups excluding carboxylic acids is 1. The molecule has 0 spiro atoms. The highest BCUT2D eigenvalue weighted by Crippen LogP contribution is 2.09. The fraction of sp³-hybridized carbons (Fsp3) is 0.250. The maximum atomic E-state index is 11.1. The predicted octanol–water partition coefficient (Wildman–Crippen LogP) is 0.232. The summed E-state index contributed by atoms with van der Waals surface area (Å²) in [6.07, 6.45) is 3.00. The van der Waals surface area contributed by atoms with Gasteiger partial charge in [-0.3, -0.25) is 9.78 Å². The SMILES string of the molecule is COc1cncc(C(=O)CN)c1. The van der Waals surface area contributed by atoms with Gasteiger partial charge >= 0.3 is 0 Å². The van der Waals surface area contributed by atoms with Gasteiger partial charge in [0, 0.05) is 11.8 Å². The summed E-state index contributed by atoms with van der Waals surface area (Å²) in [6, 6.07) is 1.61. The molecule has 0 atom stereocenters. The van der Waals surface area contributed by atoms with E-state index in [0.29, 0.717) is 11.3 Å². The summed E-state index contributed by atoms with van der Waals surface area (Å²) in [5.41, 5.74) is 5.66. The van der Waals surface area contributed by atoms with Crippen molar-refractivity contribution in [2.24, 2.45) is 5.73 Å². The first kappa shape index (κ1) is 8.67. The average molecular weight is 166 g/mol. The molecular formula is C8H10N2O2. The second-order valence-corrected chi connectivity index (χ2v) is 2.24. The number of nitrogens with two attached hydrogens (primary N) is 1. The van der Waals surface area contributed by atoms with Crippen LogP contribution >= 0.6 is 0 Å². The van der Waals surface area contributed by atoms with Gasteiger partial charge in [0.25, 0.3) is 0 Å². The number of aromatic nitrogens is 1. The Balaban J connectivity index is 2.93. The van der Waals surface area contributed by atoms with Crippen molar-refractivity contribution in [2.75, 3.05) is 13.7 Å². The number of pyridine rings is 1. The summed E-state index contributed by atoms with van der Waals surface area (Å²) in [4.78, 5) is 14.9. The van der Waals surface area contributed by atoms with Gasteiger partial charge in [0.1, 0.15) is 5.75 Å². The van der Waals surface area contributed by atoms with Crippen molar-refractivity contribution >= 4 is 5.78 Å². The van der Waals surface area contributed by atoms with Crippen LogP contribution in [0.5, 0.6) is 5.75 Å². The van der Waals surface area contributed by atoms with Gasteiger partial charge in [-0.2, -0.15) is 0 Å². The molecule has 0 aromatic carbocycles. The Hall–Kier alpha value is -1.42. The summed E-state index contributed by atoms with van der Waals surface area (Å²) >= 11 is 0. The molecule has 1 rings (SSSR count). The average Bonchev–Trinajstić information content (AvgIpc) is 2.17. The van der Waals surface area contributed by atoms with Gasteiger partial charge in [-0.05, 0) is 6.07 Å². The van der Waals surface area contributed by atoms with Gasteiger partial charge in [0.2, 0.25) is 0 Å². The Morgan fingerprint density at radius 3 is 3.00 bits per heavy atom. The molecule has 0 unspecified atom stereocenters. The lowest BCUT2D eigenvalue weighted by Gasteiger charge is -2.00. The number of Topliss-reactive ketones (excluding diaryl/α,β-unsaturated/α-hetero) is 1. The Morgan fingerprint density at radius 1 is 1.67 bits per heavy atom. The van der Waals surface area contributed by atoms with Gasteiger partial charge in [-0.1, -0.05) is 0 Å². The van der Waals surface area contributed by atoms with Crippen LogP contribution < -0.4 is 10.5 Å². The maximum Gasteiger partial charge on any atom is 0.178 e. The van der Waals surface area contributed by atoms with Crippen LogP contribution in [-0.4, -0.2) is 24.4 Å². The number of rotatable bonds is 3. The number of hydrogen-bond acceptors (Lipinski definition) is 4. The molecule has 1 heterocycles. The number of methoxy groups -OCH3 is 1. The van der Waals surface area contributed by atoms with E-state index in [4.69, 9.17) is 10.5 Å². The first-order chi connectivity index (χ1) is 5.77. The number of hydrogen-bond donors (Lipinski definition) is 1. The molecule has 2 N–H and O–H groups in total. The minimum atomic E-state index is -0.138. The third-order valence-electron chi connectivity index (χ3n) is 1.46. The third-order valence-corrected chi connectivity index (χ3v) is 1.46. The van der Waals surface area contributed by atoms with Crippen LogP contribution in [0.15, 0.2) is 18.5 Å². The lowest BCUT2D eigenvalue weighted by molar-refractivity contribution is 0.100. The van der Waals surface area contributed by atoms with Crippen LogP contribution in [0.25, 0.3) is 0 Å². The Morgan fingerprint density at radius 2 is 2.42 bits per heavy atom. The molecule has 0 amide bonds. The zero-order valence-electron chi connectivity index (χ0n) is 6.78. The molecule has 12 heavy (non-hydrogen) atoms. The van der Waals surface area contributed by atoms with Crippen molar-refractivity contribution in [3.05, 3.63) is 24.0 Å². The molecular weight excluding hydrogens is 156 g/mol. The molecule has 0 saturated carbocycles. The van der Waals surface area contributed by atoms with E-state index in [9.17, 15) is 4.79 Å². The number of ketones is 1. The van der Waals surface area contributed by atoms with Crippen molar-refractivity contribution in [1.82, 2.24) is 4.98 Å². The van der Waals surface area contributed by atoms with E-state index in [1.165, 1.54) is 19.5 Å². The number of nitrogens with zero attached hydrogens (tertiary/aromatic N) is 1. The minimum Gasteiger partial charge on any atom is -0.495 e. The molecule has 1 aromatic rings. The fourth-order valence-electron chi connectivity index (χ4n) is 0.801. The van der Waals surface area contributed by atoms with Gasteiger partial charge in [0.05, 0.1) is 19.9 Å². The molecule has 0 aliphatic carbocycles. The van der Waals surface area contributed by atoms with Crippen LogP contribution in [0.4, 0.5) is 0 Å².